The molecule has 0 bridgehead atoms. The Morgan fingerprint density at radius 2 is 1.97 bits per heavy atom. The summed E-state index contributed by atoms with van der Waals surface area (Å²) in [5.74, 6) is -1.91. The molecule has 8 heteroatoms. The van der Waals surface area contributed by atoms with E-state index in [1.54, 1.807) is 31.3 Å². The van der Waals surface area contributed by atoms with E-state index >= 15 is 0 Å². The molecule has 3 rings (SSSR count). The normalized spacial score (nSPS) is 17.2. The average molecular weight is 466 g/mol. The largest absolute Gasteiger partial charge is 0.463 e. The summed E-state index contributed by atoms with van der Waals surface area (Å²) in [6.45, 7) is 2.54. The number of amides is 2. The van der Waals surface area contributed by atoms with Crippen LogP contribution in [0, 0.1) is 11.8 Å². The highest BCUT2D eigenvalue weighted by atomic mass is 16.5. The molecule has 2 aromatic rings. The molecule has 0 spiro atoms. The summed E-state index contributed by atoms with van der Waals surface area (Å²) in [5, 5.41) is 5.75. The van der Waals surface area contributed by atoms with E-state index in [9.17, 15) is 19.2 Å². The number of aromatic nitrogens is 1. The fraction of sp³-hybridized carbons (Fsp3) is 0.385. The van der Waals surface area contributed by atoms with E-state index in [2.05, 4.69) is 15.6 Å². The maximum Gasteiger partial charge on any atom is 0.330 e. The number of aromatic amines is 1. The van der Waals surface area contributed by atoms with Crippen LogP contribution >= 0.6 is 0 Å². The molecule has 1 aromatic heterocycles. The minimum atomic E-state index is -0.617. The van der Waals surface area contributed by atoms with Gasteiger partial charge in [-0.1, -0.05) is 36.4 Å². The second-order valence-corrected chi connectivity index (χ2v) is 8.34. The number of carbonyl (C=O) groups is 4. The fourth-order valence-electron chi connectivity index (χ4n) is 4.04. The molecule has 2 heterocycles. The standard InChI is InChI=1S/C26H31N3O5/c1-2-34-24(31)11-10-21(16-19-12-14-28-25(19)32)29-26(33)20(15-18-7-4-3-5-8-18)17-23(30)22-9-6-13-27-22/h3-11,13,19-21,27H,2,12,14-17H2,1H3,(H,28,32)(H,29,33)/b11-10+/t19-,20+,21+/m1/s1. The van der Waals surface area contributed by atoms with Crippen molar-refractivity contribution in [2.45, 2.75) is 38.6 Å². The molecule has 3 N–H and O–H groups in total. The van der Waals surface area contributed by atoms with E-state index in [1.807, 2.05) is 30.3 Å². The van der Waals surface area contributed by atoms with Crippen LogP contribution in [0.2, 0.25) is 0 Å². The SMILES string of the molecule is CCOC(=O)/C=C/[C@@H](C[C@H]1CCNC1=O)NC(=O)[C@H](CC(=O)c1ccc[nH]1)Cc1ccccc1. The lowest BCUT2D eigenvalue weighted by atomic mass is 9.91. The van der Waals surface area contributed by atoms with E-state index in [0.717, 1.165) is 5.56 Å². The number of hydrogen-bond acceptors (Lipinski definition) is 5. The molecular formula is C26H31N3O5. The number of ether oxygens (including phenoxy) is 1. The van der Waals surface area contributed by atoms with Gasteiger partial charge in [-0.3, -0.25) is 14.4 Å². The van der Waals surface area contributed by atoms with Gasteiger partial charge in [0.15, 0.2) is 5.78 Å². The lowest BCUT2D eigenvalue weighted by Crippen LogP contribution is -2.41. The molecule has 180 valence electrons. The Morgan fingerprint density at radius 1 is 1.18 bits per heavy atom. The second kappa shape index (κ2) is 12.5. The van der Waals surface area contributed by atoms with Crippen molar-refractivity contribution in [3.63, 3.8) is 0 Å². The van der Waals surface area contributed by atoms with Gasteiger partial charge in [-0.25, -0.2) is 4.79 Å². The monoisotopic (exact) mass is 465 g/mol. The number of benzene rings is 1. The molecule has 0 saturated carbocycles. The number of H-pyrrole nitrogens is 1. The maximum atomic E-state index is 13.4. The summed E-state index contributed by atoms with van der Waals surface area (Å²) in [6, 6.07) is 12.4. The molecule has 0 radical (unpaired) electrons. The summed E-state index contributed by atoms with van der Waals surface area (Å²) in [5.41, 5.74) is 1.39. The van der Waals surface area contributed by atoms with Crippen molar-refractivity contribution in [3.8, 4) is 0 Å². The van der Waals surface area contributed by atoms with Crippen molar-refractivity contribution < 1.29 is 23.9 Å². The van der Waals surface area contributed by atoms with Crippen LogP contribution in [0.3, 0.4) is 0 Å². The number of nitrogens with one attached hydrogen (secondary N) is 3. The van der Waals surface area contributed by atoms with E-state index in [4.69, 9.17) is 4.74 Å². The fourth-order valence-corrected chi connectivity index (χ4v) is 4.04. The Morgan fingerprint density at radius 3 is 2.62 bits per heavy atom. The predicted molar refractivity (Wildman–Crippen MR) is 127 cm³/mol. The summed E-state index contributed by atoms with van der Waals surface area (Å²) in [4.78, 5) is 53.0. The molecule has 1 fully saturated rings. The van der Waals surface area contributed by atoms with E-state index in [0.29, 0.717) is 31.5 Å². The molecule has 0 unspecified atom stereocenters. The topological polar surface area (TPSA) is 117 Å². The molecule has 1 saturated heterocycles. The third-order valence-electron chi connectivity index (χ3n) is 5.81. The minimum absolute atomic E-state index is 0.0272. The molecule has 2 amide bonds. The van der Waals surface area contributed by atoms with Crippen LogP contribution in [0.1, 0.15) is 42.2 Å². The number of hydrogen-bond donors (Lipinski definition) is 3. The van der Waals surface area contributed by atoms with Crippen molar-refractivity contribution in [3.05, 3.63) is 72.1 Å². The summed E-state index contributed by atoms with van der Waals surface area (Å²) in [7, 11) is 0. The van der Waals surface area contributed by atoms with Crippen LogP contribution in [0.5, 0.6) is 0 Å². The lowest BCUT2D eigenvalue weighted by molar-refractivity contribution is -0.137. The van der Waals surface area contributed by atoms with E-state index in [1.165, 1.54) is 6.08 Å². The smallest absolute Gasteiger partial charge is 0.330 e. The maximum absolute atomic E-state index is 13.4. The quantitative estimate of drug-likeness (QED) is 0.253. The first-order valence-corrected chi connectivity index (χ1v) is 11.6. The Balaban J connectivity index is 1.76. The van der Waals surface area contributed by atoms with Crippen LogP contribution in [-0.2, 0) is 25.5 Å². The van der Waals surface area contributed by atoms with Gasteiger partial charge in [-0.2, -0.15) is 0 Å². The van der Waals surface area contributed by atoms with Gasteiger partial charge in [0.25, 0.3) is 0 Å². The van der Waals surface area contributed by atoms with Gasteiger partial charge in [0, 0.05) is 43.1 Å². The summed E-state index contributed by atoms with van der Waals surface area (Å²) in [6.07, 6.45) is 5.94. The number of rotatable bonds is 12. The molecule has 1 aliphatic heterocycles. The van der Waals surface area contributed by atoms with Gasteiger partial charge in [0.2, 0.25) is 11.8 Å². The Hall–Kier alpha value is -3.68. The Labute approximate surface area is 199 Å². The second-order valence-electron chi connectivity index (χ2n) is 8.34. The predicted octanol–water partition coefficient (Wildman–Crippen LogP) is 2.58. The number of ketones is 1. The van der Waals surface area contributed by atoms with Gasteiger partial charge < -0.3 is 20.4 Å². The highest BCUT2D eigenvalue weighted by Crippen LogP contribution is 2.20. The Kier molecular flexibility index (Phi) is 9.20. The first-order valence-electron chi connectivity index (χ1n) is 11.6. The first-order chi connectivity index (χ1) is 16.5. The van der Waals surface area contributed by atoms with E-state index < -0.39 is 17.9 Å². The lowest BCUT2D eigenvalue weighted by Gasteiger charge is -2.22. The molecule has 1 aliphatic rings. The van der Waals surface area contributed by atoms with Crippen molar-refractivity contribution >= 4 is 23.6 Å². The zero-order valence-electron chi connectivity index (χ0n) is 19.3. The first kappa shape index (κ1) is 25.0. The molecule has 34 heavy (non-hydrogen) atoms. The van der Waals surface area contributed by atoms with E-state index in [-0.39, 0.29) is 36.5 Å². The van der Waals surface area contributed by atoms with Crippen LogP contribution in [0.15, 0.2) is 60.8 Å². The van der Waals surface area contributed by atoms with Gasteiger partial charge in [0.05, 0.1) is 12.3 Å². The van der Waals surface area contributed by atoms with Crippen LogP contribution in [-0.4, -0.2) is 47.7 Å². The van der Waals surface area contributed by atoms with Crippen molar-refractivity contribution in [2.24, 2.45) is 11.8 Å². The average Bonchev–Trinajstić information content (AvgIpc) is 3.50. The Bertz CT molecular complexity index is 1000. The number of esters is 1. The van der Waals surface area contributed by atoms with Gasteiger partial charge in [0.1, 0.15) is 0 Å². The summed E-state index contributed by atoms with van der Waals surface area (Å²) < 4.78 is 4.94. The van der Waals surface area contributed by atoms with Crippen molar-refractivity contribution in [1.82, 2.24) is 15.6 Å². The number of Topliss-reactive ketones (excluding diaryl/α,β-unsaturated/α-hetero) is 1. The third kappa shape index (κ3) is 7.43. The number of carbonyl (C=O) groups excluding carboxylic acids is 4. The van der Waals surface area contributed by atoms with Crippen LogP contribution in [0.4, 0.5) is 0 Å². The zero-order chi connectivity index (χ0) is 24.3. The third-order valence-corrected chi connectivity index (χ3v) is 5.81. The van der Waals surface area contributed by atoms with Gasteiger partial charge >= 0.3 is 5.97 Å². The zero-order valence-corrected chi connectivity index (χ0v) is 19.3. The van der Waals surface area contributed by atoms with Crippen LogP contribution in [0.25, 0.3) is 0 Å². The molecular weight excluding hydrogens is 434 g/mol. The highest BCUT2D eigenvalue weighted by Gasteiger charge is 2.29. The van der Waals surface area contributed by atoms with Crippen molar-refractivity contribution in [1.29, 1.82) is 0 Å². The van der Waals surface area contributed by atoms with Crippen molar-refractivity contribution in [2.75, 3.05) is 13.2 Å². The summed E-state index contributed by atoms with van der Waals surface area (Å²) >= 11 is 0. The minimum Gasteiger partial charge on any atom is -0.463 e. The molecule has 3 atom stereocenters. The van der Waals surface area contributed by atoms with Crippen LogP contribution < -0.4 is 10.6 Å². The molecule has 1 aromatic carbocycles. The molecule has 8 nitrogen and oxygen atoms in total. The van der Waals surface area contributed by atoms with Gasteiger partial charge in [-0.15, -0.1) is 0 Å². The highest BCUT2D eigenvalue weighted by molar-refractivity contribution is 5.97. The van der Waals surface area contributed by atoms with Gasteiger partial charge in [-0.05, 0) is 43.9 Å². The molecule has 0 aliphatic carbocycles.